The summed E-state index contributed by atoms with van der Waals surface area (Å²) in [5, 5.41) is 9.00. The monoisotopic (exact) mass is 203 g/mol. The molecule has 1 aliphatic rings. The van der Waals surface area contributed by atoms with Crippen LogP contribution in [0.3, 0.4) is 0 Å². The van der Waals surface area contributed by atoms with Crippen LogP contribution in [0, 0.1) is 0 Å². The molecule has 1 rings (SSSR count). The van der Waals surface area contributed by atoms with Gasteiger partial charge in [-0.3, -0.25) is 4.90 Å². The molecule has 14 heavy (non-hydrogen) atoms. The van der Waals surface area contributed by atoms with Crippen LogP contribution in [0.1, 0.15) is 13.8 Å². The normalized spacial score (nSPS) is 31.7. The van der Waals surface area contributed by atoms with Crippen LogP contribution in [0.2, 0.25) is 0 Å². The lowest BCUT2D eigenvalue weighted by molar-refractivity contribution is -0.0878. The molecule has 0 aromatic heterocycles. The van der Waals surface area contributed by atoms with Gasteiger partial charge in [0.25, 0.3) is 0 Å². The Morgan fingerprint density at radius 1 is 1.64 bits per heavy atom. The molecule has 0 saturated carbocycles. The molecule has 1 fully saturated rings. The summed E-state index contributed by atoms with van der Waals surface area (Å²) >= 11 is 0. The SMILES string of the molecule is COC(C)CN1CC(CO)OCC1C. The second-order valence-electron chi connectivity index (χ2n) is 3.99. The Bertz CT molecular complexity index is 163. The minimum absolute atomic E-state index is 0.0322. The molecule has 0 radical (unpaired) electrons. The van der Waals surface area contributed by atoms with Crippen molar-refractivity contribution in [3.8, 4) is 0 Å². The number of hydrogen-bond acceptors (Lipinski definition) is 4. The van der Waals surface area contributed by atoms with Crippen LogP contribution < -0.4 is 0 Å². The maximum absolute atomic E-state index is 9.00. The second-order valence-corrected chi connectivity index (χ2v) is 3.99. The number of methoxy groups -OCH3 is 1. The van der Waals surface area contributed by atoms with Gasteiger partial charge >= 0.3 is 0 Å². The lowest BCUT2D eigenvalue weighted by Gasteiger charge is -2.38. The molecule has 4 heteroatoms. The van der Waals surface area contributed by atoms with E-state index in [2.05, 4.69) is 18.7 Å². The van der Waals surface area contributed by atoms with Crippen molar-refractivity contribution in [1.29, 1.82) is 0 Å². The van der Waals surface area contributed by atoms with E-state index in [-0.39, 0.29) is 18.8 Å². The van der Waals surface area contributed by atoms with Crippen LogP contribution in [0.4, 0.5) is 0 Å². The third-order valence-corrected chi connectivity index (χ3v) is 2.73. The first kappa shape index (κ1) is 11.9. The lowest BCUT2D eigenvalue weighted by Crippen LogP contribution is -2.51. The number of rotatable bonds is 4. The van der Waals surface area contributed by atoms with Gasteiger partial charge in [-0.2, -0.15) is 0 Å². The van der Waals surface area contributed by atoms with Crippen LogP contribution in [-0.2, 0) is 9.47 Å². The van der Waals surface area contributed by atoms with E-state index in [0.29, 0.717) is 12.6 Å². The van der Waals surface area contributed by atoms with Crippen molar-refractivity contribution in [2.24, 2.45) is 0 Å². The summed E-state index contributed by atoms with van der Waals surface area (Å²) in [6, 6.07) is 0.412. The molecule has 4 nitrogen and oxygen atoms in total. The summed E-state index contributed by atoms with van der Waals surface area (Å²) in [6.45, 7) is 6.68. The minimum Gasteiger partial charge on any atom is -0.394 e. The van der Waals surface area contributed by atoms with E-state index < -0.39 is 0 Å². The number of aliphatic hydroxyl groups is 1. The fourth-order valence-corrected chi connectivity index (χ4v) is 1.64. The maximum Gasteiger partial charge on any atom is 0.0933 e. The summed E-state index contributed by atoms with van der Waals surface area (Å²) < 4.78 is 10.7. The standard InChI is InChI=1S/C10H21NO3/c1-8-7-14-10(6-12)5-11(8)4-9(2)13-3/h8-10,12H,4-7H2,1-3H3. The third kappa shape index (κ3) is 3.20. The topological polar surface area (TPSA) is 41.9 Å². The van der Waals surface area contributed by atoms with Crippen molar-refractivity contribution in [1.82, 2.24) is 4.90 Å². The summed E-state index contributed by atoms with van der Waals surface area (Å²) in [5.41, 5.74) is 0. The Morgan fingerprint density at radius 3 is 2.93 bits per heavy atom. The molecule has 1 aliphatic heterocycles. The molecule has 0 aromatic rings. The van der Waals surface area contributed by atoms with Crippen LogP contribution in [-0.4, -0.2) is 61.7 Å². The van der Waals surface area contributed by atoms with E-state index in [1.807, 2.05) is 0 Å². The Balaban J connectivity index is 2.40. The van der Waals surface area contributed by atoms with E-state index >= 15 is 0 Å². The number of morpholine rings is 1. The third-order valence-electron chi connectivity index (χ3n) is 2.73. The Labute approximate surface area is 85.8 Å². The highest BCUT2D eigenvalue weighted by atomic mass is 16.5. The predicted octanol–water partition coefficient (Wildman–Crippen LogP) is 0.103. The predicted molar refractivity (Wildman–Crippen MR) is 54.3 cm³/mol. The van der Waals surface area contributed by atoms with Crippen molar-refractivity contribution < 1.29 is 14.6 Å². The summed E-state index contributed by atoms with van der Waals surface area (Å²) in [4.78, 5) is 2.30. The highest BCUT2D eigenvalue weighted by Gasteiger charge is 2.26. The zero-order valence-electron chi connectivity index (χ0n) is 9.27. The number of ether oxygens (including phenoxy) is 2. The molecular formula is C10H21NO3. The van der Waals surface area contributed by atoms with Crippen LogP contribution >= 0.6 is 0 Å². The van der Waals surface area contributed by atoms with Crippen LogP contribution in [0.25, 0.3) is 0 Å². The smallest absolute Gasteiger partial charge is 0.0933 e. The highest BCUT2D eigenvalue weighted by Crippen LogP contribution is 2.12. The molecule has 0 amide bonds. The Kier molecular flexibility index (Phi) is 4.81. The van der Waals surface area contributed by atoms with Gasteiger partial charge in [0.15, 0.2) is 0 Å². The molecule has 0 aliphatic carbocycles. The average Bonchev–Trinajstić information content (AvgIpc) is 2.21. The van der Waals surface area contributed by atoms with Crippen LogP contribution in [0.5, 0.6) is 0 Å². The van der Waals surface area contributed by atoms with Gasteiger partial charge < -0.3 is 14.6 Å². The number of aliphatic hydroxyl groups excluding tert-OH is 1. The lowest BCUT2D eigenvalue weighted by atomic mass is 10.2. The van der Waals surface area contributed by atoms with Gasteiger partial charge in [-0.1, -0.05) is 0 Å². The van der Waals surface area contributed by atoms with Gasteiger partial charge in [-0.25, -0.2) is 0 Å². The van der Waals surface area contributed by atoms with Crippen molar-refractivity contribution >= 4 is 0 Å². The molecule has 3 unspecified atom stereocenters. The summed E-state index contributed by atoms with van der Waals surface area (Å²) in [5.74, 6) is 0. The van der Waals surface area contributed by atoms with Crippen molar-refractivity contribution in [2.75, 3.05) is 33.4 Å². The minimum atomic E-state index is -0.0322. The van der Waals surface area contributed by atoms with E-state index in [1.165, 1.54) is 0 Å². The highest BCUT2D eigenvalue weighted by molar-refractivity contribution is 4.78. The zero-order chi connectivity index (χ0) is 10.6. The fourth-order valence-electron chi connectivity index (χ4n) is 1.64. The molecule has 1 saturated heterocycles. The van der Waals surface area contributed by atoms with Crippen LogP contribution in [0.15, 0.2) is 0 Å². The average molecular weight is 203 g/mol. The second kappa shape index (κ2) is 5.66. The van der Waals surface area contributed by atoms with Gasteiger partial charge in [0.2, 0.25) is 0 Å². The van der Waals surface area contributed by atoms with E-state index in [4.69, 9.17) is 14.6 Å². The zero-order valence-corrected chi connectivity index (χ0v) is 9.27. The number of nitrogens with zero attached hydrogens (tertiary/aromatic N) is 1. The Morgan fingerprint density at radius 2 is 2.36 bits per heavy atom. The fraction of sp³-hybridized carbons (Fsp3) is 1.00. The Hall–Kier alpha value is -0.160. The molecule has 1 heterocycles. The van der Waals surface area contributed by atoms with Crippen molar-refractivity contribution in [3.05, 3.63) is 0 Å². The first-order valence-corrected chi connectivity index (χ1v) is 5.16. The first-order chi connectivity index (χ1) is 6.67. The molecule has 1 N–H and O–H groups in total. The van der Waals surface area contributed by atoms with Gasteiger partial charge in [0.1, 0.15) is 0 Å². The van der Waals surface area contributed by atoms with Gasteiger partial charge in [-0.15, -0.1) is 0 Å². The molecule has 0 aromatic carbocycles. The van der Waals surface area contributed by atoms with Gasteiger partial charge in [0, 0.05) is 26.2 Å². The largest absolute Gasteiger partial charge is 0.394 e. The summed E-state index contributed by atoms with van der Waals surface area (Å²) in [7, 11) is 1.72. The molecule has 0 bridgehead atoms. The molecular weight excluding hydrogens is 182 g/mol. The van der Waals surface area contributed by atoms with E-state index in [1.54, 1.807) is 7.11 Å². The quantitative estimate of drug-likeness (QED) is 0.704. The van der Waals surface area contributed by atoms with Crippen molar-refractivity contribution in [3.63, 3.8) is 0 Å². The van der Waals surface area contributed by atoms with Crippen molar-refractivity contribution in [2.45, 2.75) is 32.1 Å². The van der Waals surface area contributed by atoms with Gasteiger partial charge in [0.05, 0.1) is 25.4 Å². The molecule has 3 atom stereocenters. The van der Waals surface area contributed by atoms with Gasteiger partial charge in [-0.05, 0) is 13.8 Å². The maximum atomic E-state index is 9.00. The first-order valence-electron chi connectivity index (χ1n) is 5.16. The summed E-state index contributed by atoms with van der Waals surface area (Å²) in [6.07, 6.45) is 0.199. The van der Waals surface area contributed by atoms with E-state index in [9.17, 15) is 0 Å². The number of hydrogen-bond donors (Lipinski definition) is 1. The molecule has 84 valence electrons. The molecule has 0 spiro atoms. The van der Waals surface area contributed by atoms with E-state index in [0.717, 1.165) is 13.1 Å².